The van der Waals surface area contributed by atoms with Gasteiger partial charge in [-0.2, -0.15) is 5.26 Å². The number of aryl methyl sites for hydroxylation is 2. The molecule has 0 fully saturated rings. The van der Waals surface area contributed by atoms with E-state index < -0.39 is 5.97 Å². The van der Waals surface area contributed by atoms with E-state index >= 15 is 0 Å². The number of ether oxygens (including phenoxy) is 2. The van der Waals surface area contributed by atoms with Crippen molar-refractivity contribution in [1.82, 2.24) is 0 Å². The summed E-state index contributed by atoms with van der Waals surface area (Å²) in [5, 5.41) is 8.96. The van der Waals surface area contributed by atoms with Gasteiger partial charge >= 0.3 is 5.97 Å². The lowest BCUT2D eigenvalue weighted by atomic mass is 10.1. The van der Waals surface area contributed by atoms with Gasteiger partial charge < -0.3 is 9.47 Å². The average Bonchev–Trinajstić information content (AvgIpc) is 2.50. The third-order valence-electron chi connectivity index (χ3n) is 2.97. The Balaban J connectivity index is 1.99. The molecular weight excluding hydrogens is 302 g/mol. The van der Waals surface area contributed by atoms with Crippen molar-refractivity contribution in [3.63, 3.8) is 0 Å². The lowest BCUT2D eigenvalue weighted by molar-refractivity contribution is -0.136. The molecule has 0 aromatic heterocycles. The van der Waals surface area contributed by atoms with E-state index in [1.165, 1.54) is 18.2 Å². The molecule has 0 saturated heterocycles. The molecule has 0 unspecified atom stereocenters. The molecule has 0 aliphatic rings. The second-order valence-electron chi connectivity index (χ2n) is 4.79. The monoisotopic (exact) mass is 315 g/mol. The minimum atomic E-state index is -0.562. The van der Waals surface area contributed by atoms with Gasteiger partial charge in [0.05, 0.1) is 16.7 Å². The second-order valence-corrected chi connectivity index (χ2v) is 5.20. The van der Waals surface area contributed by atoms with E-state index in [9.17, 15) is 4.79 Å². The molecule has 4 nitrogen and oxygen atoms in total. The summed E-state index contributed by atoms with van der Waals surface area (Å²) in [5.41, 5.74) is 2.38. The molecule has 0 radical (unpaired) electrons. The maximum atomic E-state index is 11.8. The number of hydrogen-bond donors (Lipinski definition) is 0. The smallest absolute Gasteiger partial charge is 0.349 e. The first-order valence-corrected chi connectivity index (χ1v) is 6.98. The number of carbonyl (C=O) groups excluding carboxylic acids is 1. The number of esters is 1. The van der Waals surface area contributed by atoms with Crippen LogP contribution in [0.1, 0.15) is 16.7 Å². The summed E-state index contributed by atoms with van der Waals surface area (Å²) in [7, 11) is 0. The molecule has 0 N–H and O–H groups in total. The van der Waals surface area contributed by atoms with Crippen molar-refractivity contribution in [2.75, 3.05) is 6.61 Å². The van der Waals surface area contributed by atoms with Crippen molar-refractivity contribution in [2.24, 2.45) is 0 Å². The summed E-state index contributed by atoms with van der Waals surface area (Å²) >= 11 is 5.95. The maximum absolute atomic E-state index is 11.8. The molecule has 5 heteroatoms. The van der Waals surface area contributed by atoms with Gasteiger partial charge in [-0.3, -0.25) is 0 Å². The summed E-state index contributed by atoms with van der Waals surface area (Å²) in [4.78, 5) is 11.8. The molecule has 2 aromatic rings. The summed E-state index contributed by atoms with van der Waals surface area (Å²) in [6.45, 7) is 3.62. The standard InChI is InChI=1S/C17H14ClNO3/c1-11-3-4-12(2)16(7-11)21-10-17(20)22-15-6-5-13(9-19)8-14(15)18/h3-8H,10H2,1-2H3. The van der Waals surface area contributed by atoms with E-state index in [2.05, 4.69) is 0 Å². The lowest BCUT2D eigenvalue weighted by Gasteiger charge is -2.10. The number of halogens is 1. The Kier molecular flexibility index (Phi) is 5.03. The third kappa shape index (κ3) is 4.00. The van der Waals surface area contributed by atoms with E-state index in [0.717, 1.165) is 11.1 Å². The third-order valence-corrected chi connectivity index (χ3v) is 3.27. The van der Waals surface area contributed by atoms with Crippen molar-refractivity contribution in [3.05, 3.63) is 58.1 Å². The van der Waals surface area contributed by atoms with Gasteiger partial charge in [-0.1, -0.05) is 23.7 Å². The van der Waals surface area contributed by atoms with Crippen molar-refractivity contribution in [3.8, 4) is 17.6 Å². The highest BCUT2D eigenvalue weighted by molar-refractivity contribution is 6.32. The molecule has 2 aromatic carbocycles. The molecule has 0 saturated carbocycles. The zero-order valence-electron chi connectivity index (χ0n) is 12.2. The molecule has 0 aliphatic heterocycles. The van der Waals surface area contributed by atoms with Gasteiger partial charge in [-0.25, -0.2) is 4.79 Å². The fraction of sp³-hybridized carbons (Fsp3) is 0.176. The van der Waals surface area contributed by atoms with Gasteiger partial charge in [0.25, 0.3) is 0 Å². The van der Waals surface area contributed by atoms with Crippen molar-refractivity contribution in [1.29, 1.82) is 5.26 Å². The van der Waals surface area contributed by atoms with Crippen LogP contribution < -0.4 is 9.47 Å². The van der Waals surface area contributed by atoms with Gasteiger partial charge in [0, 0.05) is 0 Å². The van der Waals surface area contributed by atoms with Gasteiger partial charge in [0.2, 0.25) is 0 Å². The number of rotatable bonds is 4. The van der Waals surface area contributed by atoms with Crippen LogP contribution in [0.2, 0.25) is 5.02 Å². The lowest BCUT2D eigenvalue weighted by Crippen LogP contribution is -2.18. The summed E-state index contributed by atoms with van der Waals surface area (Å²) in [5.74, 6) is 0.283. The highest BCUT2D eigenvalue weighted by Gasteiger charge is 2.11. The molecular formula is C17H14ClNO3. The highest BCUT2D eigenvalue weighted by Crippen LogP contribution is 2.25. The topological polar surface area (TPSA) is 59.3 Å². The fourth-order valence-corrected chi connectivity index (χ4v) is 2.02. The van der Waals surface area contributed by atoms with Gasteiger partial charge in [-0.15, -0.1) is 0 Å². The number of benzene rings is 2. The quantitative estimate of drug-likeness (QED) is 0.636. The Labute approximate surface area is 133 Å². The molecule has 0 atom stereocenters. The predicted octanol–water partition coefficient (Wildman–Crippen LogP) is 3.81. The van der Waals surface area contributed by atoms with E-state index in [-0.39, 0.29) is 17.4 Å². The van der Waals surface area contributed by atoms with Crippen LogP contribution >= 0.6 is 11.6 Å². The summed E-state index contributed by atoms with van der Waals surface area (Å²) in [6, 6.07) is 12.2. The van der Waals surface area contributed by atoms with Crippen molar-refractivity contribution >= 4 is 17.6 Å². The summed E-state index contributed by atoms with van der Waals surface area (Å²) < 4.78 is 10.6. The molecule has 0 heterocycles. The Morgan fingerprint density at radius 1 is 1.18 bits per heavy atom. The summed E-state index contributed by atoms with van der Waals surface area (Å²) in [6.07, 6.45) is 0. The number of hydrogen-bond acceptors (Lipinski definition) is 4. The first-order valence-electron chi connectivity index (χ1n) is 6.60. The van der Waals surface area contributed by atoms with Gasteiger partial charge in [-0.05, 0) is 49.2 Å². The van der Waals surface area contributed by atoms with E-state index in [1.807, 2.05) is 38.1 Å². The number of nitrogens with zero attached hydrogens (tertiary/aromatic N) is 1. The first kappa shape index (κ1) is 15.9. The minimum absolute atomic E-state index is 0.204. The Bertz CT molecular complexity index is 750. The molecule has 0 amide bonds. The SMILES string of the molecule is Cc1ccc(C)c(OCC(=O)Oc2ccc(C#N)cc2Cl)c1. The molecule has 0 aliphatic carbocycles. The van der Waals surface area contributed by atoms with E-state index in [1.54, 1.807) is 0 Å². The fourth-order valence-electron chi connectivity index (χ4n) is 1.80. The van der Waals surface area contributed by atoms with Crippen molar-refractivity contribution < 1.29 is 14.3 Å². The second kappa shape index (κ2) is 6.97. The van der Waals surface area contributed by atoms with E-state index in [0.29, 0.717) is 11.3 Å². The van der Waals surface area contributed by atoms with Crippen LogP contribution in [0, 0.1) is 25.2 Å². The van der Waals surface area contributed by atoms with Crippen LogP contribution in [0.3, 0.4) is 0 Å². The maximum Gasteiger partial charge on any atom is 0.349 e. The van der Waals surface area contributed by atoms with Crippen LogP contribution in [0.15, 0.2) is 36.4 Å². The molecule has 112 valence electrons. The Morgan fingerprint density at radius 3 is 2.64 bits per heavy atom. The van der Waals surface area contributed by atoms with Gasteiger partial charge in [0.1, 0.15) is 11.5 Å². The molecule has 2 rings (SSSR count). The van der Waals surface area contributed by atoms with E-state index in [4.69, 9.17) is 26.3 Å². The molecule has 22 heavy (non-hydrogen) atoms. The first-order chi connectivity index (χ1) is 10.5. The average molecular weight is 316 g/mol. The zero-order valence-corrected chi connectivity index (χ0v) is 13.0. The largest absolute Gasteiger partial charge is 0.482 e. The van der Waals surface area contributed by atoms with Crippen molar-refractivity contribution in [2.45, 2.75) is 13.8 Å². The number of carbonyl (C=O) groups is 1. The Hall–Kier alpha value is -2.51. The minimum Gasteiger partial charge on any atom is -0.482 e. The van der Waals surface area contributed by atoms with Crippen LogP contribution in [-0.2, 0) is 4.79 Å². The van der Waals surface area contributed by atoms with Gasteiger partial charge in [0.15, 0.2) is 6.61 Å². The van der Waals surface area contributed by atoms with Crippen LogP contribution in [0.4, 0.5) is 0 Å². The van der Waals surface area contributed by atoms with Crippen LogP contribution in [-0.4, -0.2) is 12.6 Å². The van der Waals surface area contributed by atoms with Crippen LogP contribution in [0.5, 0.6) is 11.5 Å². The normalized spacial score (nSPS) is 9.91. The molecule has 0 bridgehead atoms. The highest BCUT2D eigenvalue weighted by atomic mass is 35.5. The number of nitriles is 1. The Morgan fingerprint density at radius 2 is 1.95 bits per heavy atom. The molecule has 0 spiro atoms. The van der Waals surface area contributed by atoms with Crippen LogP contribution in [0.25, 0.3) is 0 Å². The zero-order chi connectivity index (χ0) is 16.1. The predicted molar refractivity (Wildman–Crippen MR) is 83.2 cm³/mol.